The molecule has 0 spiro atoms. The topological polar surface area (TPSA) is 101 Å². The third kappa shape index (κ3) is 5.08. The van der Waals surface area contributed by atoms with Crippen molar-refractivity contribution in [1.82, 2.24) is 24.4 Å². The smallest absolute Gasteiger partial charge is 0.350 e. The normalized spacial score (nSPS) is 15.6. The van der Waals surface area contributed by atoms with Crippen LogP contribution in [0.15, 0.2) is 47.4 Å². The van der Waals surface area contributed by atoms with E-state index in [0.29, 0.717) is 29.1 Å². The molecule has 0 aliphatic carbocycles. The number of aromatic nitrogens is 4. The average molecular weight is 577 g/mol. The molecule has 1 aliphatic heterocycles. The highest BCUT2D eigenvalue weighted by atomic mass is 35.5. The Morgan fingerprint density at radius 1 is 1.12 bits per heavy atom. The average Bonchev–Trinajstić information content (AvgIpc) is 2.93. The molecule has 5 rings (SSSR count). The number of rotatable bonds is 5. The van der Waals surface area contributed by atoms with Crippen LogP contribution in [0.4, 0.5) is 10.2 Å². The summed E-state index contributed by atoms with van der Waals surface area (Å²) in [5.41, 5.74) is 2.14. The Labute approximate surface area is 241 Å². The lowest BCUT2D eigenvalue weighted by atomic mass is 10.0. The van der Waals surface area contributed by atoms with Crippen LogP contribution >= 0.6 is 11.6 Å². The Morgan fingerprint density at radius 2 is 1.85 bits per heavy atom. The second-order valence-electron chi connectivity index (χ2n) is 10.6. The highest BCUT2D eigenvalue weighted by Crippen LogP contribution is 2.36. The van der Waals surface area contributed by atoms with Crippen molar-refractivity contribution in [3.63, 3.8) is 0 Å². The number of Topliss-reactive ketones (excluding diaryl/α,β-unsaturated/α-hetero) is 1. The van der Waals surface area contributed by atoms with E-state index in [2.05, 4.69) is 9.97 Å². The monoisotopic (exact) mass is 576 g/mol. The molecule has 1 aliphatic rings. The number of nitrogens with zero attached hydrogens (tertiary/aromatic N) is 6. The van der Waals surface area contributed by atoms with Crippen LogP contribution in [0.3, 0.4) is 0 Å². The summed E-state index contributed by atoms with van der Waals surface area (Å²) in [5.74, 6) is -1.23. The number of benzene rings is 1. The van der Waals surface area contributed by atoms with Crippen LogP contribution in [-0.4, -0.2) is 61.8 Å². The molecular weight excluding hydrogens is 547 g/mol. The van der Waals surface area contributed by atoms with Gasteiger partial charge < -0.3 is 9.80 Å². The van der Waals surface area contributed by atoms with E-state index in [0.717, 1.165) is 5.56 Å². The largest absolute Gasteiger partial charge is 0.355 e. The first-order chi connectivity index (χ1) is 19.5. The van der Waals surface area contributed by atoms with Crippen LogP contribution in [0.5, 0.6) is 0 Å². The number of halogens is 2. The third-order valence-corrected chi connectivity index (χ3v) is 7.63. The molecule has 0 bridgehead atoms. The number of hydrogen-bond acceptors (Lipinski definition) is 7. The first-order valence-corrected chi connectivity index (χ1v) is 13.8. The van der Waals surface area contributed by atoms with Gasteiger partial charge in [0.15, 0.2) is 5.65 Å². The summed E-state index contributed by atoms with van der Waals surface area (Å²) in [4.78, 5) is 55.3. The molecule has 4 heterocycles. The molecule has 3 aromatic heterocycles. The van der Waals surface area contributed by atoms with Gasteiger partial charge in [-0.1, -0.05) is 37.6 Å². The molecule has 41 heavy (non-hydrogen) atoms. The molecular formula is C30H30ClFN6O3. The van der Waals surface area contributed by atoms with Crippen LogP contribution < -0.4 is 10.6 Å². The van der Waals surface area contributed by atoms with Gasteiger partial charge in [-0.05, 0) is 49.6 Å². The van der Waals surface area contributed by atoms with E-state index in [1.807, 2.05) is 38.7 Å². The SMILES string of the molecule is CC(=O)C(=O)N1CCN(c2nc(=O)n(-c3c(C)ccnc3C(C)C)c3nc(-c4ccccc4F)c(Cl)cc23)[C@@H](C)C1. The van der Waals surface area contributed by atoms with Gasteiger partial charge in [-0.3, -0.25) is 14.6 Å². The van der Waals surface area contributed by atoms with E-state index in [4.69, 9.17) is 16.6 Å². The molecule has 0 radical (unpaired) electrons. The molecule has 0 N–H and O–H groups in total. The molecule has 1 fully saturated rings. The number of carbonyl (C=O) groups excluding carboxylic acids is 2. The summed E-state index contributed by atoms with van der Waals surface area (Å²) in [6, 6.07) is 9.39. The standard InChI is InChI=1S/C30H30ClFN6O3/c1-16(2)24-26(17(3)10-11-33-24)38-28-21(14-22(31)25(34-28)20-8-6-7-9-23(20)32)27(35-30(38)41)37-13-12-36(15-18(37)4)29(40)19(5)39/h6-11,14,16,18H,12-13,15H2,1-5H3/t18-/m0/s1. The van der Waals surface area contributed by atoms with E-state index >= 15 is 0 Å². The van der Waals surface area contributed by atoms with Gasteiger partial charge in [0.05, 0.1) is 27.5 Å². The summed E-state index contributed by atoms with van der Waals surface area (Å²) < 4.78 is 16.3. The number of fused-ring (bicyclic) bond motifs is 1. The molecule has 1 amide bonds. The number of pyridine rings is 2. The van der Waals surface area contributed by atoms with Crippen LogP contribution in [0.1, 0.15) is 44.9 Å². The molecule has 212 valence electrons. The number of carbonyl (C=O) groups is 2. The Kier molecular flexibility index (Phi) is 7.61. The zero-order valence-electron chi connectivity index (χ0n) is 23.5. The maximum atomic E-state index is 14.9. The molecule has 0 unspecified atom stereocenters. The minimum Gasteiger partial charge on any atom is -0.350 e. The Balaban J connectivity index is 1.79. The van der Waals surface area contributed by atoms with Crippen molar-refractivity contribution in [2.45, 2.75) is 46.6 Å². The fourth-order valence-corrected chi connectivity index (χ4v) is 5.59. The summed E-state index contributed by atoms with van der Waals surface area (Å²) in [5, 5.41) is 0.687. The van der Waals surface area contributed by atoms with Crippen LogP contribution in [0.25, 0.3) is 28.0 Å². The summed E-state index contributed by atoms with van der Waals surface area (Å²) >= 11 is 6.74. The lowest BCUT2D eigenvalue weighted by Gasteiger charge is -2.40. The van der Waals surface area contributed by atoms with E-state index in [1.54, 1.807) is 30.5 Å². The van der Waals surface area contributed by atoms with Gasteiger partial charge in [-0.2, -0.15) is 4.98 Å². The number of amides is 1. The quantitative estimate of drug-likeness (QED) is 0.318. The molecule has 1 atom stereocenters. The minimum absolute atomic E-state index is 0.0169. The number of ketones is 1. The van der Waals surface area contributed by atoms with Gasteiger partial charge in [0.25, 0.3) is 5.91 Å². The maximum Gasteiger partial charge on any atom is 0.355 e. The molecule has 11 heteroatoms. The van der Waals surface area contributed by atoms with E-state index in [9.17, 15) is 18.8 Å². The van der Waals surface area contributed by atoms with E-state index in [1.165, 1.54) is 22.5 Å². The fourth-order valence-electron chi connectivity index (χ4n) is 5.33. The molecule has 1 saturated heterocycles. The van der Waals surface area contributed by atoms with Crippen LogP contribution in [-0.2, 0) is 9.59 Å². The zero-order chi connectivity index (χ0) is 29.6. The highest BCUT2D eigenvalue weighted by Gasteiger charge is 2.32. The molecule has 4 aromatic rings. The van der Waals surface area contributed by atoms with Gasteiger partial charge in [-0.15, -0.1) is 0 Å². The van der Waals surface area contributed by atoms with E-state index in [-0.39, 0.29) is 47.0 Å². The lowest BCUT2D eigenvalue weighted by molar-refractivity contribution is -0.144. The number of aryl methyl sites for hydroxylation is 1. The first kappa shape index (κ1) is 28.4. The van der Waals surface area contributed by atoms with Crippen LogP contribution in [0.2, 0.25) is 5.02 Å². The highest BCUT2D eigenvalue weighted by molar-refractivity contribution is 6.35. The lowest BCUT2D eigenvalue weighted by Crippen LogP contribution is -2.55. The molecule has 9 nitrogen and oxygen atoms in total. The van der Waals surface area contributed by atoms with Crippen molar-refractivity contribution in [3.05, 3.63) is 75.2 Å². The van der Waals surface area contributed by atoms with Gasteiger partial charge >= 0.3 is 5.69 Å². The number of anilines is 1. The zero-order valence-corrected chi connectivity index (χ0v) is 24.2. The van der Waals surface area contributed by atoms with Crippen molar-refractivity contribution in [3.8, 4) is 16.9 Å². The number of piperazine rings is 1. The van der Waals surface area contributed by atoms with Gasteiger partial charge in [0, 0.05) is 44.4 Å². The van der Waals surface area contributed by atoms with Gasteiger partial charge in [0.2, 0.25) is 5.78 Å². The fraction of sp³-hybridized carbons (Fsp3) is 0.333. The van der Waals surface area contributed by atoms with Crippen molar-refractivity contribution < 1.29 is 14.0 Å². The minimum atomic E-state index is -0.575. The van der Waals surface area contributed by atoms with Crippen molar-refractivity contribution in [2.75, 3.05) is 24.5 Å². The van der Waals surface area contributed by atoms with Gasteiger partial charge in [0.1, 0.15) is 11.6 Å². The first-order valence-electron chi connectivity index (χ1n) is 13.4. The third-order valence-electron chi connectivity index (χ3n) is 7.34. The maximum absolute atomic E-state index is 14.9. The predicted octanol–water partition coefficient (Wildman–Crippen LogP) is 4.69. The Morgan fingerprint density at radius 3 is 2.51 bits per heavy atom. The Bertz CT molecular complexity index is 1750. The van der Waals surface area contributed by atoms with Crippen molar-refractivity contribution >= 4 is 40.1 Å². The van der Waals surface area contributed by atoms with Crippen molar-refractivity contribution in [1.29, 1.82) is 0 Å². The van der Waals surface area contributed by atoms with Crippen LogP contribution in [0, 0.1) is 12.7 Å². The Hall–Kier alpha value is -4.18. The second kappa shape index (κ2) is 11.0. The summed E-state index contributed by atoms with van der Waals surface area (Å²) in [6.45, 7) is 9.89. The van der Waals surface area contributed by atoms with Crippen molar-refractivity contribution in [2.24, 2.45) is 0 Å². The molecule has 0 saturated carbocycles. The van der Waals surface area contributed by atoms with Gasteiger partial charge in [-0.25, -0.2) is 18.7 Å². The summed E-state index contributed by atoms with van der Waals surface area (Å²) in [6.07, 6.45) is 1.70. The van der Waals surface area contributed by atoms with E-state index < -0.39 is 23.2 Å². The molecule has 1 aromatic carbocycles. The summed E-state index contributed by atoms with van der Waals surface area (Å²) in [7, 11) is 0. The second-order valence-corrected chi connectivity index (χ2v) is 11.0. The number of hydrogen-bond donors (Lipinski definition) is 0. The predicted molar refractivity (Wildman–Crippen MR) is 156 cm³/mol.